The molecular weight excluding hydrogens is 304 g/mol. The number of piperidine rings is 1. The number of nitrogens with zero attached hydrogens (tertiary/aromatic N) is 4. The van der Waals surface area contributed by atoms with E-state index in [1.54, 1.807) is 0 Å². The van der Waals surface area contributed by atoms with E-state index in [9.17, 15) is 0 Å². The van der Waals surface area contributed by atoms with E-state index in [0.717, 1.165) is 24.8 Å². The van der Waals surface area contributed by atoms with E-state index in [1.807, 2.05) is 0 Å². The topological polar surface area (TPSA) is 24.3 Å². The van der Waals surface area contributed by atoms with Crippen LogP contribution in [0.5, 0.6) is 0 Å². The molecule has 1 saturated heterocycles. The molecule has 5 heteroatoms. The molecule has 0 saturated carbocycles. The van der Waals surface area contributed by atoms with Crippen molar-refractivity contribution in [2.45, 2.75) is 45.8 Å². The maximum atomic E-state index is 4.57. The molecule has 0 unspecified atom stereocenters. The predicted octanol–water partition coefficient (Wildman–Crippen LogP) is 2.50. The molecule has 1 aromatic rings. The van der Waals surface area contributed by atoms with Crippen LogP contribution in [0.25, 0.3) is 0 Å². The number of hydrogen-bond donors (Lipinski definition) is 0. The van der Waals surface area contributed by atoms with Gasteiger partial charge in [-0.25, -0.2) is 0 Å². The minimum absolute atomic E-state index is 0.748. The molecule has 0 aliphatic carbocycles. The summed E-state index contributed by atoms with van der Waals surface area (Å²) in [7, 11) is 4.37. The van der Waals surface area contributed by atoms with Gasteiger partial charge < -0.3 is 4.90 Å². The molecule has 2 rings (SSSR count). The highest BCUT2D eigenvalue weighted by Gasteiger charge is 2.22. The van der Waals surface area contributed by atoms with Crippen molar-refractivity contribution in [2.24, 2.45) is 0 Å². The Morgan fingerprint density at radius 2 is 1.95 bits per heavy atom. The fourth-order valence-corrected chi connectivity index (χ4v) is 3.24. The van der Waals surface area contributed by atoms with Crippen molar-refractivity contribution in [1.29, 1.82) is 0 Å². The Kier molecular flexibility index (Phi) is 5.03. The van der Waals surface area contributed by atoms with E-state index in [1.165, 1.54) is 36.1 Å². The summed E-state index contributed by atoms with van der Waals surface area (Å²) in [6, 6.07) is 0.748. The second kappa shape index (κ2) is 6.37. The molecule has 0 atom stereocenters. The van der Waals surface area contributed by atoms with E-state index in [4.69, 9.17) is 0 Å². The minimum atomic E-state index is 0.748. The third kappa shape index (κ3) is 3.38. The lowest BCUT2D eigenvalue weighted by atomic mass is 10.0. The SMILES string of the molecule is CCn1nc(C)c(Br)c1CN1CCC(N(C)C)CC1. The number of rotatable bonds is 4. The van der Waals surface area contributed by atoms with Crippen molar-refractivity contribution in [1.82, 2.24) is 19.6 Å². The first-order chi connectivity index (χ1) is 9.02. The first-order valence-electron chi connectivity index (χ1n) is 7.13. The van der Waals surface area contributed by atoms with Gasteiger partial charge in [0.15, 0.2) is 0 Å². The molecule has 108 valence electrons. The summed E-state index contributed by atoms with van der Waals surface area (Å²) in [6.45, 7) is 8.54. The lowest BCUT2D eigenvalue weighted by Gasteiger charge is -2.35. The fraction of sp³-hybridized carbons (Fsp3) is 0.786. The van der Waals surface area contributed by atoms with Gasteiger partial charge in [-0.3, -0.25) is 9.58 Å². The first kappa shape index (κ1) is 15.0. The van der Waals surface area contributed by atoms with Crippen LogP contribution < -0.4 is 0 Å². The van der Waals surface area contributed by atoms with Crippen LogP contribution in [0.3, 0.4) is 0 Å². The molecule has 1 aliphatic heterocycles. The smallest absolute Gasteiger partial charge is 0.0739 e. The fourth-order valence-electron chi connectivity index (χ4n) is 2.83. The van der Waals surface area contributed by atoms with Crippen LogP contribution >= 0.6 is 15.9 Å². The average molecular weight is 329 g/mol. The van der Waals surface area contributed by atoms with E-state index < -0.39 is 0 Å². The van der Waals surface area contributed by atoms with Crippen LogP contribution in [0.2, 0.25) is 0 Å². The van der Waals surface area contributed by atoms with Crippen LogP contribution in [0.15, 0.2) is 4.47 Å². The second-order valence-corrected chi connectivity index (χ2v) is 6.43. The molecule has 0 amide bonds. The van der Waals surface area contributed by atoms with Crippen molar-refractivity contribution in [3.8, 4) is 0 Å². The van der Waals surface area contributed by atoms with Gasteiger partial charge in [0.2, 0.25) is 0 Å². The summed E-state index contributed by atoms with van der Waals surface area (Å²) < 4.78 is 3.31. The summed E-state index contributed by atoms with van der Waals surface area (Å²) in [4.78, 5) is 4.90. The summed E-state index contributed by atoms with van der Waals surface area (Å²) in [5.74, 6) is 0. The molecule has 0 spiro atoms. The molecule has 4 nitrogen and oxygen atoms in total. The van der Waals surface area contributed by atoms with Crippen LogP contribution in [0.4, 0.5) is 0 Å². The molecule has 19 heavy (non-hydrogen) atoms. The number of halogens is 1. The lowest BCUT2D eigenvalue weighted by molar-refractivity contribution is 0.137. The summed E-state index contributed by atoms with van der Waals surface area (Å²) in [6.07, 6.45) is 2.54. The monoisotopic (exact) mass is 328 g/mol. The number of hydrogen-bond acceptors (Lipinski definition) is 3. The third-order valence-corrected chi connectivity index (χ3v) is 5.15. The Hall–Kier alpha value is -0.390. The van der Waals surface area contributed by atoms with Crippen LogP contribution in [-0.2, 0) is 13.1 Å². The van der Waals surface area contributed by atoms with E-state index in [2.05, 4.69) is 63.5 Å². The quantitative estimate of drug-likeness (QED) is 0.848. The molecule has 1 aliphatic rings. The van der Waals surface area contributed by atoms with Gasteiger partial charge in [0, 0.05) is 32.2 Å². The Bertz CT molecular complexity index is 419. The number of aryl methyl sites for hydroxylation is 2. The number of aromatic nitrogens is 2. The molecule has 0 N–H and O–H groups in total. The van der Waals surface area contributed by atoms with Gasteiger partial charge in [-0.2, -0.15) is 5.10 Å². The zero-order valence-electron chi connectivity index (χ0n) is 12.5. The van der Waals surface area contributed by atoms with Crippen molar-refractivity contribution < 1.29 is 0 Å². The van der Waals surface area contributed by atoms with Gasteiger partial charge in [0.1, 0.15) is 0 Å². The lowest BCUT2D eigenvalue weighted by Crippen LogP contribution is -2.41. The Balaban J connectivity index is 1.99. The molecule has 1 aromatic heterocycles. The molecule has 0 radical (unpaired) electrons. The van der Waals surface area contributed by atoms with Crippen LogP contribution in [0, 0.1) is 6.92 Å². The highest BCUT2D eigenvalue weighted by atomic mass is 79.9. The summed E-state index contributed by atoms with van der Waals surface area (Å²) in [5, 5.41) is 4.57. The van der Waals surface area contributed by atoms with E-state index in [-0.39, 0.29) is 0 Å². The van der Waals surface area contributed by atoms with Crippen LogP contribution in [0.1, 0.15) is 31.2 Å². The Morgan fingerprint density at radius 1 is 1.32 bits per heavy atom. The second-order valence-electron chi connectivity index (χ2n) is 5.63. The highest BCUT2D eigenvalue weighted by Crippen LogP contribution is 2.24. The van der Waals surface area contributed by atoms with Gasteiger partial charge in [-0.15, -0.1) is 0 Å². The van der Waals surface area contributed by atoms with E-state index >= 15 is 0 Å². The largest absolute Gasteiger partial charge is 0.306 e. The molecule has 0 aromatic carbocycles. The molecule has 2 heterocycles. The highest BCUT2D eigenvalue weighted by molar-refractivity contribution is 9.10. The molecule has 1 fully saturated rings. The predicted molar refractivity (Wildman–Crippen MR) is 82.3 cm³/mol. The zero-order valence-corrected chi connectivity index (χ0v) is 14.1. The minimum Gasteiger partial charge on any atom is -0.306 e. The first-order valence-corrected chi connectivity index (χ1v) is 7.92. The molecular formula is C14H25BrN4. The van der Waals surface area contributed by atoms with Crippen LogP contribution in [-0.4, -0.2) is 52.8 Å². The average Bonchev–Trinajstić information content (AvgIpc) is 2.67. The van der Waals surface area contributed by atoms with Gasteiger partial charge in [0.05, 0.1) is 15.9 Å². The van der Waals surface area contributed by atoms with Crippen molar-refractivity contribution in [3.63, 3.8) is 0 Å². The van der Waals surface area contributed by atoms with Gasteiger partial charge >= 0.3 is 0 Å². The van der Waals surface area contributed by atoms with E-state index in [0.29, 0.717) is 0 Å². The molecule has 0 bridgehead atoms. The van der Waals surface area contributed by atoms with Crippen molar-refractivity contribution >= 4 is 15.9 Å². The Morgan fingerprint density at radius 3 is 2.47 bits per heavy atom. The zero-order chi connectivity index (χ0) is 14.0. The Labute approximate surface area is 124 Å². The van der Waals surface area contributed by atoms with Gasteiger partial charge in [0.25, 0.3) is 0 Å². The summed E-state index contributed by atoms with van der Waals surface area (Å²) in [5.41, 5.74) is 2.42. The van der Waals surface area contributed by atoms with Crippen molar-refractivity contribution in [2.75, 3.05) is 27.2 Å². The van der Waals surface area contributed by atoms with Gasteiger partial charge in [-0.1, -0.05) is 0 Å². The normalized spacial score (nSPS) is 18.4. The number of likely N-dealkylation sites (tertiary alicyclic amines) is 1. The maximum absolute atomic E-state index is 4.57. The van der Waals surface area contributed by atoms with Crippen molar-refractivity contribution in [3.05, 3.63) is 15.9 Å². The third-order valence-electron chi connectivity index (χ3n) is 4.11. The summed E-state index contributed by atoms with van der Waals surface area (Å²) >= 11 is 3.69. The maximum Gasteiger partial charge on any atom is 0.0739 e. The standard InChI is InChI=1S/C14H25BrN4/c1-5-19-13(14(15)11(2)16-19)10-18-8-6-12(7-9-18)17(3)4/h12H,5-10H2,1-4H3. The van der Waals surface area contributed by atoms with Gasteiger partial charge in [-0.05, 0) is 56.7 Å².